The number of anilines is 1. The Labute approximate surface area is 81.3 Å². The summed E-state index contributed by atoms with van der Waals surface area (Å²) in [5, 5.41) is 11.4. The summed E-state index contributed by atoms with van der Waals surface area (Å²) in [5.41, 5.74) is 0.376. The molecule has 0 fully saturated rings. The molecule has 0 radical (unpaired) electrons. The maximum atomic E-state index is 13.2. The van der Waals surface area contributed by atoms with Crippen LogP contribution in [0.2, 0.25) is 5.02 Å². The second-order valence-corrected chi connectivity index (χ2v) is 3.01. The third-order valence-corrected chi connectivity index (χ3v) is 1.89. The Balaban J connectivity index is 2.61. The molecule has 0 aliphatic heterocycles. The molecule has 0 spiro atoms. The molecule has 0 amide bonds. The number of aliphatic hydroxyl groups excluding tert-OH is 1. The van der Waals surface area contributed by atoms with E-state index < -0.39 is 5.82 Å². The van der Waals surface area contributed by atoms with Gasteiger partial charge in [0.1, 0.15) is 0 Å². The van der Waals surface area contributed by atoms with Crippen LogP contribution in [0.1, 0.15) is 6.42 Å². The van der Waals surface area contributed by atoms with Crippen LogP contribution in [0.15, 0.2) is 18.2 Å². The molecule has 1 rings (SSSR count). The molecule has 2 N–H and O–H groups in total. The molecule has 1 aromatic rings. The summed E-state index contributed by atoms with van der Waals surface area (Å²) < 4.78 is 13.2. The summed E-state index contributed by atoms with van der Waals surface area (Å²) in [7, 11) is 0. The lowest BCUT2D eigenvalue weighted by Gasteiger charge is -2.06. The Morgan fingerprint density at radius 2 is 2.23 bits per heavy atom. The van der Waals surface area contributed by atoms with Gasteiger partial charge in [0.05, 0.1) is 10.7 Å². The quantitative estimate of drug-likeness (QED) is 0.736. The van der Waals surface area contributed by atoms with Crippen LogP contribution in [0.5, 0.6) is 0 Å². The second-order valence-electron chi connectivity index (χ2n) is 2.61. The van der Waals surface area contributed by atoms with Gasteiger partial charge in [-0.1, -0.05) is 17.7 Å². The molecule has 0 heterocycles. The lowest BCUT2D eigenvalue weighted by Crippen LogP contribution is -2.04. The molecule has 0 atom stereocenters. The lowest BCUT2D eigenvalue weighted by atomic mass is 10.3. The van der Waals surface area contributed by atoms with E-state index in [1.807, 2.05) is 0 Å². The van der Waals surface area contributed by atoms with Crippen molar-refractivity contribution in [1.82, 2.24) is 0 Å². The predicted molar refractivity (Wildman–Crippen MR) is 51.6 cm³/mol. The van der Waals surface area contributed by atoms with E-state index in [1.54, 1.807) is 12.1 Å². The fourth-order valence-electron chi connectivity index (χ4n) is 0.942. The zero-order valence-corrected chi connectivity index (χ0v) is 7.81. The molecule has 1 aromatic carbocycles. The average Bonchev–Trinajstić information content (AvgIpc) is 2.13. The molecule has 0 aliphatic rings. The van der Waals surface area contributed by atoms with Crippen molar-refractivity contribution in [1.29, 1.82) is 0 Å². The minimum Gasteiger partial charge on any atom is -0.396 e. The van der Waals surface area contributed by atoms with Crippen LogP contribution in [0.3, 0.4) is 0 Å². The Morgan fingerprint density at radius 1 is 1.46 bits per heavy atom. The second kappa shape index (κ2) is 5.04. The zero-order chi connectivity index (χ0) is 9.68. The van der Waals surface area contributed by atoms with Gasteiger partial charge in [0.2, 0.25) is 0 Å². The van der Waals surface area contributed by atoms with Crippen molar-refractivity contribution in [3.63, 3.8) is 0 Å². The Hall–Kier alpha value is -0.800. The summed E-state index contributed by atoms with van der Waals surface area (Å²) in [6, 6.07) is 4.78. The number of halogens is 2. The van der Waals surface area contributed by atoms with Gasteiger partial charge in [-0.2, -0.15) is 0 Å². The molecule has 0 saturated heterocycles. The van der Waals surface area contributed by atoms with E-state index in [4.69, 9.17) is 16.7 Å². The number of nitrogens with one attached hydrogen (secondary N) is 1. The van der Waals surface area contributed by atoms with Gasteiger partial charge in [0, 0.05) is 13.2 Å². The summed E-state index contributed by atoms with van der Waals surface area (Å²) in [6.07, 6.45) is 0.589. The first-order chi connectivity index (χ1) is 6.25. The molecular formula is C9H11ClFNO. The molecule has 13 heavy (non-hydrogen) atoms. The zero-order valence-electron chi connectivity index (χ0n) is 7.06. The largest absolute Gasteiger partial charge is 0.396 e. The maximum Gasteiger partial charge on any atom is 0.164 e. The van der Waals surface area contributed by atoms with Crippen LogP contribution >= 0.6 is 11.6 Å². The van der Waals surface area contributed by atoms with Crippen LogP contribution in [0.25, 0.3) is 0 Å². The number of hydrogen-bond donors (Lipinski definition) is 2. The summed E-state index contributed by atoms with van der Waals surface area (Å²) in [4.78, 5) is 0. The Bertz CT molecular complexity index is 280. The van der Waals surface area contributed by atoms with Crippen LogP contribution in [-0.4, -0.2) is 18.3 Å². The van der Waals surface area contributed by atoms with E-state index >= 15 is 0 Å². The molecule has 0 saturated carbocycles. The van der Waals surface area contributed by atoms with Crippen molar-refractivity contribution in [3.05, 3.63) is 29.0 Å². The molecule has 0 aromatic heterocycles. The van der Waals surface area contributed by atoms with Crippen molar-refractivity contribution >= 4 is 17.3 Å². The third kappa shape index (κ3) is 2.86. The number of rotatable bonds is 4. The highest BCUT2D eigenvalue weighted by Gasteiger charge is 2.04. The Morgan fingerprint density at radius 3 is 2.92 bits per heavy atom. The number of hydrogen-bond acceptors (Lipinski definition) is 2. The van der Waals surface area contributed by atoms with E-state index in [2.05, 4.69) is 5.32 Å². The van der Waals surface area contributed by atoms with Crippen LogP contribution < -0.4 is 5.32 Å². The first-order valence-electron chi connectivity index (χ1n) is 4.04. The van der Waals surface area contributed by atoms with Gasteiger partial charge in [-0.3, -0.25) is 0 Å². The van der Waals surface area contributed by atoms with Gasteiger partial charge in [-0.15, -0.1) is 0 Å². The monoisotopic (exact) mass is 203 g/mol. The fraction of sp³-hybridized carbons (Fsp3) is 0.333. The van der Waals surface area contributed by atoms with Crippen molar-refractivity contribution < 1.29 is 9.50 Å². The minimum absolute atomic E-state index is 0.0924. The van der Waals surface area contributed by atoms with Crippen molar-refractivity contribution in [2.75, 3.05) is 18.5 Å². The van der Waals surface area contributed by atoms with Crippen molar-refractivity contribution in [2.24, 2.45) is 0 Å². The summed E-state index contributed by atoms with van der Waals surface area (Å²) >= 11 is 5.56. The molecule has 72 valence electrons. The highest BCUT2D eigenvalue weighted by atomic mass is 35.5. The topological polar surface area (TPSA) is 32.3 Å². The van der Waals surface area contributed by atoms with Gasteiger partial charge >= 0.3 is 0 Å². The van der Waals surface area contributed by atoms with E-state index in [0.29, 0.717) is 18.7 Å². The first kappa shape index (κ1) is 10.3. The van der Waals surface area contributed by atoms with Gasteiger partial charge in [-0.25, -0.2) is 4.39 Å². The molecule has 0 unspecified atom stereocenters. The molecule has 4 heteroatoms. The normalized spacial score (nSPS) is 10.1. The first-order valence-corrected chi connectivity index (χ1v) is 4.42. The van der Waals surface area contributed by atoms with E-state index in [-0.39, 0.29) is 11.6 Å². The summed E-state index contributed by atoms with van der Waals surface area (Å²) in [5.74, 6) is -0.442. The number of aliphatic hydroxyl groups is 1. The van der Waals surface area contributed by atoms with E-state index in [0.717, 1.165) is 0 Å². The van der Waals surface area contributed by atoms with Gasteiger partial charge in [-0.05, 0) is 18.6 Å². The smallest absolute Gasteiger partial charge is 0.164 e. The summed E-state index contributed by atoms with van der Waals surface area (Å²) in [6.45, 7) is 0.628. The standard InChI is InChI=1S/C9H11ClFNO/c10-7-3-1-4-8(9(7)11)12-5-2-6-13/h1,3-4,12-13H,2,5-6H2. The van der Waals surface area contributed by atoms with Gasteiger partial charge in [0.15, 0.2) is 5.82 Å². The average molecular weight is 204 g/mol. The Kier molecular flexibility index (Phi) is 3.99. The van der Waals surface area contributed by atoms with Crippen molar-refractivity contribution in [2.45, 2.75) is 6.42 Å². The molecule has 0 aliphatic carbocycles. The molecule has 0 bridgehead atoms. The van der Waals surface area contributed by atoms with Gasteiger partial charge in [0.25, 0.3) is 0 Å². The minimum atomic E-state index is -0.442. The molecular weight excluding hydrogens is 193 g/mol. The lowest BCUT2D eigenvalue weighted by molar-refractivity contribution is 0.292. The van der Waals surface area contributed by atoms with Crippen LogP contribution in [0.4, 0.5) is 10.1 Å². The SMILES string of the molecule is OCCCNc1cccc(Cl)c1F. The van der Waals surface area contributed by atoms with E-state index in [9.17, 15) is 4.39 Å². The maximum absolute atomic E-state index is 13.2. The van der Waals surface area contributed by atoms with Crippen LogP contribution in [0, 0.1) is 5.82 Å². The van der Waals surface area contributed by atoms with Crippen LogP contribution in [-0.2, 0) is 0 Å². The fourth-order valence-corrected chi connectivity index (χ4v) is 1.12. The number of benzene rings is 1. The van der Waals surface area contributed by atoms with E-state index in [1.165, 1.54) is 6.07 Å². The van der Waals surface area contributed by atoms with Gasteiger partial charge < -0.3 is 10.4 Å². The highest BCUT2D eigenvalue weighted by Crippen LogP contribution is 2.21. The predicted octanol–water partition coefficient (Wildman–Crippen LogP) is 2.27. The highest BCUT2D eigenvalue weighted by molar-refractivity contribution is 6.31. The molecule has 2 nitrogen and oxygen atoms in total. The third-order valence-electron chi connectivity index (χ3n) is 1.60. The van der Waals surface area contributed by atoms with Crippen molar-refractivity contribution in [3.8, 4) is 0 Å².